The van der Waals surface area contributed by atoms with Crippen LogP contribution in [-0.4, -0.2) is 48.4 Å². The van der Waals surface area contributed by atoms with Gasteiger partial charge < -0.3 is 10.6 Å². The number of hydrogen-bond acceptors (Lipinski definition) is 6. The van der Waals surface area contributed by atoms with Crippen LogP contribution in [0.1, 0.15) is 48.9 Å². The topological polar surface area (TPSA) is 101 Å². The van der Waals surface area contributed by atoms with Crippen molar-refractivity contribution in [1.82, 2.24) is 15.3 Å². The van der Waals surface area contributed by atoms with E-state index < -0.39 is 9.84 Å². The van der Waals surface area contributed by atoms with Crippen LogP contribution in [-0.2, 0) is 9.84 Å². The smallest absolute Gasteiger partial charge is 0.270 e. The maximum absolute atomic E-state index is 12.3. The van der Waals surface area contributed by atoms with Crippen molar-refractivity contribution in [2.75, 3.05) is 23.4 Å². The van der Waals surface area contributed by atoms with Gasteiger partial charge in [-0.2, -0.15) is 0 Å². The number of carbonyl (C=O) groups is 1. The summed E-state index contributed by atoms with van der Waals surface area (Å²) in [4.78, 5) is 20.7. The molecule has 0 aliphatic carbocycles. The molecule has 1 aromatic heterocycles. The van der Waals surface area contributed by atoms with Crippen molar-refractivity contribution >= 4 is 21.6 Å². The predicted molar refractivity (Wildman–Crippen MR) is 89.3 cm³/mol. The van der Waals surface area contributed by atoms with Gasteiger partial charge in [-0.05, 0) is 19.8 Å². The van der Waals surface area contributed by atoms with Gasteiger partial charge in [0.15, 0.2) is 9.84 Å². The minimum atomic E-state index is -3.02. The number of aryl methyl sites for hydroxylation is 1. The molecule has 2 rings (SSSR count). The maximum Gasteiger partial charge on any atom is 0.270 e. The van der Waals surface area contributed by atoms with Crippen LogP contribution in [0.3, 0.4) is 0 Å². The Kier molecular flexibility index (Phi) is 5.92. The minimum Gasteiger partial charge on any atom is -0.370 e. The third kappa shape index (κ3) is 5.46. The standard InChI is InChI=1S/C15H24N4O3S/c1-3-4-5-7-16-14-9-13(17-11(2)18-14)15(20)19-12-6-8-23(21,22)10-12/h9,12H,3-8,10H2,1-2H3,(H,19,20)(H,16,17,18). The summed E-state index contributed by atoms with van der Waals surface area (Å²) in [7, 11) is -3.02. The van der Waals surface area contributed by atoms with Gasteiger partial charge in [-0.25, -0.2) is 18.4 Å². The van der Waals surface area contributed by atoms with Gasteiger partial charge in [0.1, 0.15) is 17.3 Å². The second-order valence-electron chi connectivity index (χ2n) is 5.89. The molecule has 2 N–H and O–H groups in total. The zero-order valence-electron chi connectivity index (χ0n) is 13.6. The highest BCUT2D eigenvalue weighted by Gasteiger charge is 2.29. The molecule has 1 aromatic rings. The molecule has 1 amide bonds. The van der Waals surface area contributed by atoms with E-state index in [-0.39, 0.29) is 29.1 Å². The highest BCUT2D eigenvalue weighted by Crippen LogP contribution is 2.13. The zero-order valence-corrected chi connectivity index (χ0v) is 14.4. The van der Waals surface area contributed by atoms with Crippen LogP contribution >= 0.6 is 0 Å². The summed E-state index contributed by atoms with van der Waals surface area (Å²) in [6.45, 7) is 4.67. The van der Waals surface area contributed by atoms with Crippen LogP contribution in [0.5, 0.6) is 0 Å². The van der Waals surface area contributed by atoms with Gasteiger partial charge in [0.25, 0.3) is 5.91 Å². The van der Waals surface area contributed by atoms with Crippen molar-refractivity contribution < 1.29 is 13.2 Å². The second kappa shape index (κ2) is 7.72. The fourth-order valence-electron chi connectivity index (χ4n) is 2.53. The summed E-state index contributed by atoms with van der Waals surface area (Å²) >= 11 is 0. The highest BCUT2D eigenvalue weighted by molar-refractivity contribution is 7.91. The molecule has 1 aliphatic rings. The third-order valence-electron chi connectivity index (χ3n) is 3.72. The Morgan fingerprint density at radius 3 is 2.78 bits per heavy atom. The summed E-state index contributed by atoms with van der Waals surface area (Å²) in [5, 5.41) is 5.94. The molecule has 1 aliphatic heterocycles. The van der Waals surface area contributed by atoms with Gasteiger partial charge in [-0.3, -0.25) is 4.79 Å². The number of sulfone groups is 1. The lowest BCUT2D eigenvalue weighted by Crippen LogP contribution is -2.36. The fraction of sp³-hybridized carbons (Fsp3) is 0.667. The molecular formula is C15H24N4O3S. The number of nitrogens with one attached hydrogen (secondary N) is 2. The molecule has 0 aromatic carbocycles. The largest absolute Gasteiger partial charge is 0.370 e. The minimum absolute atomic E-state index is 0.00489. The highest BCUT2D eigenvalue weighted by atomic mass is 32.2. The number of nitrogens with zero attached hydrogens (tertiary/aromatic N) is 2. The summed E-state index contributed by atoms with van der Waals surface area (Å²) in [6.07, 6.45) is 3.78. The molecule has 0 bridgehead atoms. The number of aromatic nitrogens is 2. The maximum atomic E-state index is 12.3. The SMILES string of the molecule is CCCCCNc1cc(C(=O)NC2CCS(=O)(=O)C2)nc(C)n1. The first-order valence-electron chi connectivity index (χ1n) is 8.00. The Morgan fingerprint density at radius 2 is 2.13 bits per heavy atom. The Balaban J connectivity index is 1.98. The Bertz CT molecular complexity index is 661. The third-order valence-corrected chi connectivity index (χ3v) is 5.49. The molecule has 0 spiro atoms. The van der Waals surface area contributed by atoms with E-state index in [2.05, 4.69) is 27.5 Å². The van der Waals surface area contributed by atoms with E-state index in [0.717, 1.165) is 25.8 Å². The second-order valence-corrected chi connectivity index (χ2v) is 8.12. The number of rotatable bonds is 7. The van der Waals surface area contributed by atoms with Crippen molar-refractivity contribution in [1.29, 1.82) is 0 Å². The molecule has 7 nitrogen and oxygen atoms in total. The quantitative estimate of drug-likeness (QED) is 0.726. The van der Waals surface area contributed by atoms with E-state index in [1.807, 2.05) is 0 Å². The van der Waals surface area contributed by atoms with Crippen LogP contribution in [0.15, 0.2) is 6.07 Å². The Labute approximate surface area is 137 Å². The first kappa shape index (κ1) is 17.7. The zero-order chi connectivity index (χ0) is 16.9. The first-order chi connectivity index (χ1) is 10.9. The molecule has 1 fully saturated rings. The molecule has 128 valence electrons. The normalized spacial score (nSPS) is 19.5. The van der Waals surface area contributed by atoms with Crippen LogP contribution in [0.25, 0.3) is 0 Å². The molecule has 23 heavy (non-hydrogen) atoms. The van der Waals surface area contributed by atoms with Crippen molar-refractivity contribution in [3.8, 4) is 0 Å². The van der Waals surface area contributed by atoms with Crippen LogP contribution in [0, 0.1) is 6.92 Å². The van der Waals surface area contributed by atoms with Crippen molar-refractivity contribution in [3.05, 3.63) is 17.6 Å². The van der Waals surface area contributed by atoms with E-state index in [4.69, 9.17) is 0 Å². The lowest BCUT2D eigenvalue weighted by Gasteiger charge is -2.12. The molecule has 0 radical (unpaired) electrons. The number of amides is 1. The van der Waals surface area contributed by atoms with Crippen LogP contribution in [0.2, 0.25) is 0 Å². The van der Waals surface area contributed by atoms with Gasteiger partial charge in [0, 0.05) is 18.7 Å². The van der Waals surface area contributed by atoms with Gasteiger partial charge in [0.2, 0.25) is 0 Å². The predicted octanol–water partition coefficient (Wildman–Crippen LogP) is 1.30. The monoisotopic (exact) mass is 340 g/mol. The van der Waals surface area contributed by atoms with Gasteiger partial charge in [0.05, 0.1) is 11.5 Å². The van der Waals surface area contributed by atoms with Gasteiger partial charge in [-0.1, -0.05) is 19.8 Å². The summed E-state index contributed by atoms with van der Waals surface area (Å²) < 4.78 is 22.9. The van der Waals surface area contributed by atoms with Crippen molar-refractivity contribution in [3.63, 3.8) is 0 Å². The Hall–Kier alpha value is -1.70. The number of hydrogen-bond donors (Lipinski definition) is 2. The first-order valence-corrected chi connectivity index (χ1v) is 9.82. The fourth-order valence-corrected chi connectivity index (χ4v) is 4.21. The van der Waals surface area contributed by atoms with E-state index in [1.54, 1.807) is 13.0 Å². The molecule has 0 saturated carbocycles. The van der Waals surface area contributed by atoms with Gasteiger partial charge >= 0.3 is 0 Å². The van der Waals surface area contributed by atoms with E-state index in [1.165, 1.54) is 0 Å². The average molecular weight is 340 g/mol. The number of carbonyl (C=O) groups excluding carboxylic acids is 1. The van der Waals surface area contributed by atoms with Crippen molar-refractivity contribution in [2.45, 2.75) is 45.6 Å². The van der Waals surface area contributed by atoms with Crippen LogP contribution < -0.4 is 10.6 Å². The molecule has 2 heterocycles. The van der Waals surface area contributed by atoms with E-state index >= 15 is 0 Å². The molecule has 8 heteroatoms. The Morgan fingerprint density at radius 1 is 1.35 bits per heavy atom. The van der Waals surface area contributed by atoms with E-state index in [0.29, 0.717) is 18.1 Å². The summed E-state index contributed by atoms with van der Waals surface area (Å²) in [6, 6.07) is 1.28. The summed E-state index contributed by atoms with van der Waals surface area (Å²) in [5.41, 5.74) is 0.264. The lowest BCUT2D eigenvalue weighted by molar-refractivity contribution is 0.0935. The van der Waals surface area contributed by atoms with Crippen molar-refractivity contribution in [2.24, 2.45) is 0 Å². The van der Waals surface area contributed by atoms with Gasteiger partial charge in [-0.15, -0.1) is 0 Å². The number of anilines is 1. The molecule has 1 saturated heterocycles. The molecular weight excluding hydrogens is 316 g/mol. The van der Waals surface area contributed by atoms with E-state index in [9.17, 15) is 13.2 Å². The summed E-state index contributed by atoms with van der Waals surface area (Å²) in [5.74, 6) is 0.914. The average Bonchev–Trinajstić information content (AvgIpc) is 2.82. The molecule has 1 atom stereocenters. The lowest BCUT2D eigenvalue weighted by atomic mass is 10.2. The van der Waals surface area contributed by atoms with Crippen LogP contribution in [0.4, 0.5) is 5.82 Å². The molecule has 1 unspecified atom stereocenters. The number of unbranched alkanes of at least 4 members (excludes halogenated alkanes) is 2.